The van der Waals surface area contributed by atoms with Crippen molar-refractivity contribution in [3.05, 3.63) is 66.2 Å². The van der Waals surface area contributed by atoms with E-state index in [9.17, 15) is 9.59 Å². The minimum Gasteiger partial charge on any atom is -0.444 e. The average molecular weight is 283 g/mol. The van der Waals surface area contributed by atoms with Crippen LogP contribution in [-0.4, -0.2) is 18.5 Å². The highest BCUT2D eigenvalue weighted by Gasteiger charge is 2.23. The Bertz CT molecular complexity index is 599. The van der Waals surface area contributed by atoms with E-state index in [0.717, 1.165) is 10.5 Å². The summed E-state index contributed by atoms with van der Waals surface area (Å²) in [5, 5.41) is 0. The molecule has 0 saturated heterocycles. The first-order valence-corrected chi connectivity index (χ1v) is 6.43. The van der Waals surface area contributed by atoms with Crippen molar-refractivity contribution in [2.75, 3.05) is 11.4 Å². The Morgan fingerprint density at radius 2 is 1.81 bits per heavy atom. The summed E-state index contributed by atoms with van der Waals surface area (Å²) in [6.07, 6.45) is -0.767. The van der Waals surface area contributed by atoms with Gasteiger partial charge in [0.15, 0.2) is 0 Å². The minimum atomic E-state index is -0.767. The molecule has 0 heterocycles. The number of nitrogens with zero attached hydrogens (tertiary/aromatic N) is 1. The van der Waals surface area contributed by atoms with Gasteiger partial charge in [-0.2, -0.15) is 0 Å². The molecule has 2 N–H and O–H groups in total. The molecule has 0 spiro atoms. The molecular weight excluding hydrogens is 268 g/mol. The highest BCUT2D eigenvalue weighted by atomic mass is 16.6. The fourth-order valence-electron chi connectivity index (χ4n) is 1.73. The number of imide groups is 1. The molecule has 2 aromatic rings. The first kappa shape index (κ1) is 14.7. The summed E-state index contributed by atoms with van der Waals surface area (Å²) in [5.74, 6) is -0.546. The molecule has 5 heteroatoms. The Kier molecular flexibility index (Phi) is 5.06. The number of rotatable bonds is 4. The van der Waals surface area contributed by atoms with Crippen molar-refractivity contribution in [2.24, 2.45) is 5.73 Å². The lowest BCUT2D eigenvalue weighted by Crippen LogP contribution is -2.41. The van der Waals surface area contributed by atoms with Crippen molar-refractivity contribution in [2.45, 2.75) is 6.61 Å². The van der Waals surface area contributed by atoms with Crippen molar-refractivity contribution in [3.63, 3.8) is 0 Å². The molecule has 0 aliphatic rings. The van der Waals surface area contributed by atoms with Crippen LogP contribution in [0.3, 0.4) is 0 Å². The molecule has 2 amide bonds. The van der Waals surface area contributed by atoms with Crippen LogP contribution in [-0.2, 0) is 16.1 Å². The van der Waals surface area contributed by atoms with Gasteiger partial charge in [0.25, 0.3) is 0 Å². The molecule has 2 aromatic carbocycles. The number of carbonyl (C=O) groups is 2. The number of anilines is 1. The van der Waals surface area contributed by atoms with Crippen molar-refractivity contribution in [1.29, 1.82) is 0 Å². The summed E-state index contributed by atoms with van der Waals surface area (Å²) in [4.78, 5) is 24.9. The molecule has 0 unspecified atom stereocenters. The molecule has 1 radical (unpaired) electrons. The Morgan fingerprint density at radius 1 is 1.10 bits per heavy atom. The molecule has 0 fully saturated rings. The normalized spacial score (nSPS) is 9.95. The van der Waals surface area contributed by atoms with E-state index in [-0.39, 0.29) is 13.2 Å². The lowest BCUT2D eigenvalue weighted by atomic mass is 10.2. The molecule has 0 aromatic heterocycles. The summed E-state index contributed by atoms with van der Waals surface area (Å²) in [6, 6.07) is 18.7. The molecule has 0 atom stereocenters. The van der Waals surface area contributed by atoms with Gasteiger partial charge in [-0.1, -0.05) is 48.5 Å². The van der Waals surface area contributed by atoms with Gasteiger partial charge in [0.1, 0.15) is 6.61 Å². The fourth-order valence-corrected chi connectivity index (χ4v) is 1.73. The predicted molar refractivity (Wildman–Crippen MR) is 78.4 cm³/mol. The van der Waals surface area contributed by atoms with Crippen LogP contribution in [0.25, 0.3) is 0 Å². The Morgan fingerprint density at radius 3 is 2.43 bits per heavy atom. The van der Waals surface area contributed by atoms with E-state index >= 15 is 0 Å². The third-order valence-electron chi connectivity index (χ3n) is 2.75. The van der Waals surface area contributed by atoms with E-state index in [2.05, 4.69) is 6.07 Å². The van der Waals surface area contributed by atoms with Gasteiger partial charge >= 0.3 is 6.09 Å². The lowest BCUT2D eigenvalue weighted by molar-refractivity contribution is -0.116. The summed E-state index contributed by atoms with van der Waals surface area (Å²) in [5.41, 5.74) is 6.49. The van der Waals surface area contributed by atoms with Crippen molar-refractivity contribution in [1.82, 2.24) is 0 Å². The maximum atomic E-state index is 12.1. The largest absolute Gasteiger partial charge is 0.444 e. The van der Waals surface area contributed by atoms with E-state index in [1.54, 1.807) is 24.3 Å². The molecule has 107 valence electrons. The highest BCUT2D eigenvalue weighted by Crippen LogP contribution is 2.14. The van der Waals surface area contributed by atoms with Gasteiger partial charge in [0.2, 0.25) is 5.91 Å². The van der Waals surface area contributed by atoms with Gasteiger partial charge in [-0.3, -0.25) is 4.79 Å². The molecule has 5 nitrogen and oxygen atoms in total. The van der Waals surface area contributed by atoms with Crippen LogP contribution in [0.15, 0.2) is 54.6 Å². The SMILES string of the molecule is NCC(=O)N(C(=O)OCc1ccccc1)c1[c]cccc1. The van der Waals surface area contributed by atoms with Gasteiger partial charge in [-0.05, 0) is 11.6 Å². The summed E-state index contributed by atoms with van der Waals surface area (Å²) >= 11 is 0. The zero-order valence-electron chi connectivity index (χ0n) is 11.4. The second kappa shape index (κ2) is 7.21. The number of ether oxygens (including phenoxy) is 1. The Balaban J connectivity index is 2.10. The van der Waals surface area contributed by atoms with E-state index < -0.39 is 12.0 Å². The quantitative estimate of drug-likeness (QED) is 0.932. The maximum absolute atomic E-state index is 12.1. The zero-order chi connectivity index (χ0) is 15.1. The standard InChI is InChI=1S/C16H15N2O3/c17-11-15(19)18(14-9-5-2-6-10-14)16(20)21-12-13-7-3-1-4-8-13/h1-9H,11-12,17H2. The van der Waals surface area contributed by atoms with Crippen LogP contribution < -0.4 is 10.6 Å². The lowest BCUT2D eigenvalue weighted by Gasteiger charge is -2.19. The molecular formula is C16H15N2O3. The van der Waals surface area contributed by atoms with Crippen LogP contribution in [0, 0.1) is 6.07 Å². The topological polar surface area (TPSA) is 72.6 Å². The van der Waals surface area contributed by atoms with E-state index in [1.165, 1.54) is 0 Å². The zero-order valence-corrected chi connectivity index (χ0v) is 11.4. The minimum absolute atomic E-state index is 0.0842. The second-order valence-electron chi connectivity index (χ2n) is 4.22. The van der Waals surface area contributed by atoms with Gasteiger partial charge < -0.3 is 10.5 Å². The number of nitrogens with two attached hydrogens (primary N) is 1. The molecule has 21 heavy (non-hydrogen) atoms. The van der Waals surface area contributed by atoms with E-state index in [0.29, 0.717) is 5.69 Å². The van der Waals surface area contributed by atoms with Crippen LogP contribution in [0.5, 0.6) is 0 Å². The number of benzene rings is 2. The van der Waals surface area contributed by atoms with Gasteiger partial charge in [-0.25, -0.2) is 9.69 Å². The smallest absolute Gasteiger partial charge is 0.421 e. The molecule has 2 rings (SSSR count). The van der Waals surface area contributed by atoms with Crippen LogP contribution in [0.4, 0.5) is 10.5 Å². The van der Waals surface area contributed by atoms with Crippen LogP contribution in [0.2, 0.25) is 0 Å². The second-order valence-corrected chi connectivity index (χ2v) is 4.22. The Hall–Kier alpha value is -2.66. The number of hydrogen-bond donors (Lipinski definition) is 1. The predicted octanol–water partition coefficient (Wildman–Crippen LogP) is 2.12. The number of amides is 2. The number of carbonyl (C=O) groups excluding carboxylic acids is 2. The summed E-state index contributed by atoms with van der Waals surface area (Å²) < 4.78 is 5.16. The van der Waals surface area contributed by atoms with Gasteiger partial charge in [-0.15, -0.1) is 0 Å². The van der Waals surface area contributed by atoms with Crippen molar-refractivity contribution < 1.29 is 14.3 Å². The van der Waals surface area contributed by atoms with Crippen LogP contribution in [0.1, 0.15) is 5.56 Å². The third kappa shape index (κ3) is 3.90. The molecule has 0 saturated carbocycles. The van der Waals surface area contributed by atoms with Crippen molar-refractivity contribution in [3.8, 4) is 0 Å². The summed E-state index contributed by atoms with van der Waals surface area (Å²) in [7, 11) is 0. The number of hydrogen-bond acceptors (Lipinski definition) is 4. The highest BCUT2D eigenvalue weighted by molar-refractivity contribution is 6.12. The first-order chi connectivity index (χ1) is 10.2. The van der Waals surface area contributed by atoms with Gasteiger partial charge in [0.05, 0.1) is 12.2 Å². The van der Waals surface area contributed by atoms with E-state index in [1.807, 2.05) is 30.3 Å². The van der Waals surface area contributed by atoms with Gasteiger partial charge in [0, 0.05) is 6.07 Å². The summed E-state index contributed by atoms with van der Waals surface area (Å²) in [6.45, 7) is -0.204. The molecule has 0 aliphatic carbocycles. The molecule has 0 bridgehead atoms. The fraction of sp³-hybridized carbons (Fsp3) is 0.125. The average Bonchev–Trinajstić information content (AvgIpc) is 2.55. The third-order valence-corrected chi connectivity index (χ3v) is 2.75. The van der Waals surface area contributed by atoms with E-state index in [4.69, 9.17) is 10.5 Å². The maximum Gasteiger partial charge on any atom is 0.421 e. The van der Waals surface area contributed by atoms with Crippen LogP contribution >= 0.6 is 0 Å². The monoisotopic (exact) mass is 283 g/mol. The Labute approximate surface area is 122 Å². The molecule has 0 aliphatic heterocycles. The first-order valence-electron chi connectivity index (χ1n) is 6.43. The van der Waals surface area contributed by atoms with Crippen molar-refractivity contribution >= 4 is 17.7 Å². The number of para-hydroxylation sites is 1.